The highest BCUT2D eigenvalue weighted by molar-refractivity contribution is 5.76. The third-order valence-electron chi connectivity index (χ3n) is 16.9. The molecule has 17 atom stereocenters. The summed E-state index contributed by atoms with van der Waals surface area (Å²) in [5, 5.41) is 119. The predicted molar refractivity (Wildman–Crippen MR) is 328 cm³/mol. The van der Waals surface area contributed by atoms with Crippen LogP contribution in [-0.4, -0.2) is 193 Å². The predicted octanol–water partition coefficient (Wildman–Crippen LogP) is 8.05. The monoisotopic (exact) mass is 1220 g/mol. The van der Waals surface area contributed by atoms with Gasteiger partial charge in [-0.2, -0.15) is 0 Å². The molecule has 0 aromatic carbocycles. The second kappa shape index (κ2) is 48.8. The van der Waals surface area contributed by atoms with Crippen LogP contribution in [-0.2, 0) is 33.2 Å². The Hall–Kier alpha value is -1.99. The summed E-state index contributed by atoms with van der Waals surface area (Å²) < 4.78 is 34.0. The van der Waals surface area contributed by atoms with E-state index in [-0.39, 0.29) is 18.9 Å². The van der Waals surface area contributed by atoms with Crippen molar-refractivity contribution in [3.05, 3.63) is 36.5 Å². The molecule has 0 aromatic heterocycles. The van der Waals surface area contributed by atoms with Gasteiger partial charge in [0.25, 0.3) is 0 Å². The Bertz CT molecular complexity index is 1690. The third-order valence-corrected chi connectivity index (χ3v) is 16.9. The van der Waals surface area contributed by atoms with Crippen molar-refractivity contribution < 1.29 is 89.4 Å². The van der Waals surface area contributed by atoms with Crippen LogP contribution in [0.15, 0.2) is 36.5 Å². The van der Waals surface area contributed by atoms with Crippen molar-refractivity contribution in [2.75, 3.05) is 26.4 Å². The Balaban J connectivity index is 1.20. The van der Waals surface area contributed by atoms with Gasteiger partial charge in [0.2, 0.25) is 5.91 Å². The Labute approximate surface area is 511 Å². The SMILES string of the molecule is CCC/C=C/C(O)C(COC1OC(CO)C(OC2OC(CO)C(OC3OC(CO)C(O)C(O)C3O)C(O)C2O)C(O)C1O)NC(=O)CCCCCCCCCCCCCCCCCCCCCCCCCCC/C=C\C/C=C\CCCCCCC. The summed E-state index contributed by atoms with van der Waals surface area (Å²) in [6.07, 6.45) is 30.3. The summed E-state index contributed by atoms with van der Waals surface area (Å²) in [5.41, 5.74) is 0. The van der Waals surface area contributed by atoms with Crippen LogP contribution in [0, 0.1) is 0 Å². The largest absolute Gasteiger partial charge is 0.394 e. The van der Waals surface area contributed by atoms with E-state index < -0.39 is 124 Å². The van der Waals surface area contributed by atoms with Crippen molar-refractivity contribution in [1.29, 1.82) is 0 Å². The molecule has 498 valence electrons. The van der Waals surface area contributed by atoms with Gasteiger partial charge in [-0.05, 0) is 44.9 Å². The zero-order valence-electron chi connectivity index (χ0n) is 52.3. The Morgan fingerprint density at radius 3 is 1.22 bits per heavy atom. The number of carbonyl (C=O) groups excluding carboxylic acids is 1. The second-order valence-electron chi connectivity index (χ2n) is 24.3. The summed E-state index contributed by atoms with van der Waals surface area (Å²) in [6.45, 7) is 1.48. The topological polar surface area (TPSA) is 307 Å². The molecule has 0 saturated carbocycles. The first kappa shape index (κ1) is 77.3. The molecule has 19 nitrogen and oxygen atoms in total. The van der Waals surface area contributed by atoms with E-state index in [0.29, 0.717) is 12.8 Å². The maximum atomic E-state index is 13.2. The van der Waals surface area contributed by atoms with Gasteiger partial charge in [0.15, 0.2) is 18.9 Å². The Kier molecular flexibility index (Phi) is 44.4. The molecule has 1 amide bonds. The maximum absolute atomic E-state index is 13.2. The molecule has 19 heteroatoms. The maximum Gasteiger partial charge on any atom is 0.220 e. The van der Waals surface area contributed by atoms with Crippen LogP contribution in [0.4, 0.5) is 0 Å². The van der Waals surface area contributed by atoms with E-state index in [1.54, 1.807) is 12.2 Å². The van der Waals surface area contributed by atoms with Crippen LogP contribution in [0.1, 0.15) is 245 Å². The van der Waals surface area contributed by atoms with E-state index in [1.807, 2.05) is 6.92 Å². The minimum Gasteiger partial charge on any atom is -0.394 e. The number of amides is 1. The van der Waals surface area contributed by atoms with Crippen molar-refractivity contribution in [3.63, 3.8) is 0 Å². The van der Waals surface area contributed by atoms with Crippen molar-refractivity contribution in [3.8, 4) is 0 Å². The lowest BCUT2D eigenvalue weighted by molar-refractivity contribution is -0.379. The second-order valence-corrected chi connectivity index (χ2v) is 24.3. The lowest BCUT2D eigenvalue weighted by atomic mass is 9.96. The summed E-state index contributed by atoms with van der Waals surface area (Å²) >= 11 is 0. The zero-order chi connectivity index (χ0) is 61.9. The highest BCUT2D eigenvalue weighted by atomic mass is 16.8. The van der Waals surface area contributed by atoms with Crippen LogP contribution >= 0.6 is 0 Å². The van der Waals surface area contributed by atoms with Crippen molar-refractivity contribution in [2.45, 2.75) is 349 Å². The summed E-state index contributed by atoms with van der Waals surface area (Å²) in [4.78, 5) is 13.2. The molecule has 17 unspecified atom stereocenters. The number of unbranched alkanes of at least 4 members (excludes halogenated alkanes) is 31. The molecule has 3 saturated heterocycles. The fourth-order valence-corrected chi connectivity index (χ4v) is 11.4. The van der Waals surface area contributed by atoms with E-state index >= 15 is 0 Å². The number of aliphatic hydroxyl groups is 11. The molecular weight excluding hydrogens is 1090 g/mol. The number of nitrogens with one attached hydrogen (secondary N) is 1. The molecule has 0 bridgehead atoms. The highest BCUT2D eigenvalue weighted by Gasteiger charge is 2.53. The molecule has 0 radical (unpaired) electrons. The van der Waals surface area contributed by atoms with Gasteiger partial charge in [0, 0.05) is 6.42 Å². The van der Waals surface area contributed by atoms with Crippen molar-refractivity contribution >= 4 is 5.91 Å². The molecule has 3 aliphatic heterocycles. The first-order chi connectivity index (χ1) is 41.3. The van der Waals surface area contributed by atoms with Crippen molar-refractivity contribution in [2.24, 2.45) is 0 Å². The number of ether oxygens (including phenoxy) is 6. The molecule has 0 aliphatic carbocycles. The van der Waals surface area contributed by atoms with E-state index in [9.17, 15) is 61.0 Å². The lowest BCUT2D eigenvalue weighted by Crippen LogP contribution is -2.66. The van der Waals surface area contributed by atoms with Gasteiger partial charge in [-0.25, -0.2) is 0 Å². The van der Waals surface area contributed by atoms with E-state index in [0.717, 1.165) is 32.1 Å². The van der Waals surface area contributed by atoms with Crippen LogP contribution in [0.25, 0.3) is 0 Å². The lowest BCUT2D eigenvalue weighted by Gasteiger charge is -2.48. The number of rotatable bonds is 51. The smallest absolute Gasteiger partial charge is 0.220 e. The zero-order valence-corrected chi connectivity index (χ0v) is 52.3. The summed E-state index contributed by atoms with van der Waals surface area (Å²) in [7, 11) is 0. The third kappa shape index (κ3) is 31.5. The molecule has 85 heavy (non-hydrogen) atoms. The van der Waals surface area contributed by atoms with Gasteiger partial charge < -0.3 is 89.9 Å². The van der Waals surface area contributed by atoms with E-state index in [2.05, 4.69) is 36.5 Å². The Morgan fingerprint density at radius 1 is 0.424 bits per heavy atom. The van der Waals surface area contributed by atoms with Crippen LogP contribution < -0.4 is 5.32 Å². The molecule has 3 fully saturated rings. The molecular formula is C66H121NO18. The number of carbonyl (C=O) groups is 1. The number of aliphatic hydroxyl groups excluding tert-OH is 11. The quantitative estimate of drug-likeness (QED) is 0.0202. The number of hydrogen-bond acceptors (Lipinski definition) is 18. The average Bonchev–Trinajstić information content (AvgIpc) is 3.63. The highest BCUT2D eigenvalue weighted by Crippen LogP contribution is 2.33. The standard InChI is InChI=1S/C66H121NO18/c1-3-5-7-8-9-10-11-12-13-14-15-16-17-18-19-20-21-22-23-24-25-26-27-28-29-30-31-32-33-34-35-36-37-38-39-40-42-44-54(72)67-49(50(71)43-41-6-4-2)48-80-64-60(78)57(75)62(52(46-69)82-64)85-66-61(79)58(76)63(53(47-70)83-66)84-65-59(77)56(74)55(73)51(45-68)81-65/h11-12,14-15,41,43,49-53,55-66,68-71,73-79H,3-10,13,16-40,42,44-48H2,1-2H3,(H,67,72)/b12-11-,15-14-,43-41+. The van der Waals surface area contributed by atoms with Gasteiger partial charge in [0.05, 0.1) is 38.6 Å². The summed E-state index contributed by atoms with van der Waals surface area (Å²) in [5.74, 6) is -0.285. The Morgan fingerprint density at radius 2 is 0.800 bits per heavy atom. The molecule has 0 spiro atoms. The molecule has 12 N–H and O–H groups in total. The van der Waals surface area contributed by atoms with E-state index in [1.165, 1.54) is 180 Å². The molecule has 3 rings (SSSR count). The number of allylic oxidation sites excluding steroid dienone is 5. The van der Waals surface area contributed by atoms with Gasteiger partial charge in [0.1, 0.15) is 73.2 Å². The summed E-state index contributed by atoms with van der Waals surface area (Å²) in [6, 6.07) is -0.966. The molecule has 3 heterocycles. The first-order valence-corrected chi connectivity index (χ1v) is 33.7. The fraction of sp³-hybridized carbons (Fsp3) is 0.894. The van der Waals surface area contributed by atoms with Gasteiger partial charge in [-0.3, -0.25) is 4.79 Å². The van der Waals surface area contributed by atoms with Gasteiger partial charge in [-0.15, -0.1) is 0 Å². The van der Waals surface area contributed by atoms with E-state index in [4.69, 9.17) is 28.4 Å². The van der Waals surface area contributed by atoms with Crippen LogP contribution in [0.2, 0.25) is 0 Å². The molecule has 0 aromatic rings. The normalized spacial score (nSPS) is 29.2. The van der Waals surface area contributed by atoms with Crippen molar-refractivity contribution in [1.82, 2.24) is 5.32 Å². The first-order valence-electron chi connectivity index (χ1n) is 33.7. The number of hydrogen-bond donors (Lipinski definition) is 12. The minimum absolute atomic E-state index is 0.244. The van der Waals surface area contributed by atoms with Crippen LogP contribution in [0.5, 0.6) is 0 Å². The average molecular weight is 1220 g/mol. The van der Waals surface area contributed by atoms with Crippen LogP contribution in [0.3, 0.4) is 0 Å². The van der Waals surface area contributed by atoms with Gasteiger partial charge in [-0.1, -0.05) is 230 Å². The van der Waals surface area contributed by atoms with Gasteiger partial charge >= 0.3 is 0 Å². The molecule has 3 aliphatic rings. The minimum atomic E-state index is -1.97. The fourth-order valence-electron chi connectivity index (χ4n) is 11.4.